The van der Waals surface area contributed by atoms with Gasteiger partial charge < -0.3 is 19.7 Å². The second-order valence-corrected chi connectivity index (χ2v) is 8.55. The Morgan fingerprint density at radius 2 is 1.83 bits per heavy atom. The molecule has 3 aromatic rings. The van der Waals surface area contributed by atoms with Crippen LogP contribution in [0.5, 0.6) is 11.5 Å². The summed E-state index contributed by atoms with van der Waals surface area (Å²) >= 11 is 6.08. The monoisotopic (exact) mass is 492 g/mol. The SMILES string of the molecule is COc1ccc(Cl)cc1C(=O)N1CCCC1C(=O)Oc1cccc(C(=O)NCc2ccccc2)c1. The molecule has 0 saturated carbocycles. The highest BCUT2D eigenvalue weighted by atomic mass is 35.5. The third kappa shape index (κ3) is 5.81. The summed E-state index contributed by atoms with van der Waals surface area (Å²) in [6.07, 6.45) is 1.14. The molecule has 0 spiro atoms. The Morgan fingerprint density at radius 3 is 2.60 bits per heavy atom. The van der Waals surface area contributed by atoms with Gasteiger partial charge in [0.25, 0.3) is 11.8 Å². The van der Waals surface area contributed by atoms with Crippen LogP contribution in [0.2, 0.25) is 5.02 Å². The fourth-order valence-electron chi connectivity index (χ4n) is 4.02. The van der Waals surface area contributed by atoms with Gasteiger partial charge in [-0.1, -0.05) is 48.0 Å². The fourth-order valence-corrected chi connectivity index (χ4v) is 4.19. The fraction of sp³-hybridized carbons (Fsp3) is 0.222. The number of halogens is 1. The Balaban J connectivity index is 1.43. The maximum atomic E-state index is 13.2. The lowest BCUT2D eigenvalue weighted by Crippen LogP contribution is -2.42. The Kier molecular flexibility index (Phi) is 7.67. The summed E-state index contributed by atoms with van der Waals surface area (Å²) in [5, 5.41) is 3.25. The molecular formula is C27H25ClN2O5. The Hall–Kier alpha value is -3.84. The van der Waals surface area contributed by atoms with E-state index in [1.807, 2.05) is 30.3 Å². The standard InChI is InChI=1S/C27H25ClN2O5/c1-34-24-13-12-20(28)16-22(24)26(32)30-14-6-11-23(30)27(33)35-21-10-5-9-19(15-21)25(31)29-17-18-7-3-2-4-8-18/h2-5,7-10,12-13,15-16,23H,6,11,14,17H2,1H3,(H,29,31). The second kappa shape index (κ2) is 11.1. The smallest absolute Gasteiger partial charge is 0.334 e. The quantitative estimate of drug-likeness (QED) is 0.388. The highest BCUT2D eigenvalue weighted by Gasteiger charge is 2.37. The maximum Gasteiger partial charge on any atom is 0.334 e. The number of hydrogen-bond donors (Lipinski definition) is 1. The first-order chi connectivity index (χ1) is 17.0. The number of carbonyl (C=O) groups is 3. The summed E-state index contributed by atoms with van der Waals surface area (Å²) in [4.78, 5) is 40.3. The molecule has 1 aliphatic rings. The molecule has 8 heteroatoms. The Morgan fingerprint density at radius 1 is 1.03 bits per heavy atom. The lowest BCUT2D eigenvalue weighted by atomic mass is 10.1. The molecule has 4 rings (SSSR count). The normalized spacial score (nSPS) is 14.9. The molecule has 2 amide bonds. The number of ether oxygens (including phenoxy) is 2. The number of methoxy groups -OCH3 is 1. The van der Waals surface area contributed by atoms with Crippen molar-refractivity contribution in [2.75, 3.05) is 13.7 Å². The highest BCUT2D eigenvalue weighted by Crippen LogP contribution is 2.28. The molecule has 1 atom stereocenters. The minimum Gasteiger partial charge on any atom is -0.496 e. The molecule has 180 valence electrons. The molecule has 0 aromatic heterocycles. The van der Waals surface area contributed by atoms with Gasteiger partial charge in [0.05, 0.1) is 12.7 Å². The second-order valence-electron chi connectivity index (χ2n) is 8.12. The number of nitrogens with one attached hydrogen (secondary N) is 1. The third-order valence-corrected chi connectivity index (χ3v) is 6.02. The molecule has 0 radical (unpaired) electrons. The molecule has 1 saturated heterocycles. The zero-order valence-corrected chi connectivity index (χ0v) is 20.0. The molecule has 0 aliphatic carbocycles. The molecule has 1 N–H and O–H groups in total. The summed E-state index contributed by atoms with van der Waals surface area (Å²) in [6, 6.07) is 20.0. The van der Waals surface area contributed by atoms with Crippen molar-refractivity contribution in [2.24, 2.45) is 0 Å². The predicted molar refractivity (Wildman–Crippen MR) is 132 cm³/mol. The lowest BCUT2D eigenvalue weighted by molar-refractivity contribution is -0.138. The van der Waals surface area contributed by atoms with Crippen LogP contribution >= 0.6 is 11.6 Å². The molecule has 7 nitrogen and oxygen atoms in total. The first-order valence-corrected chi connectivity index (χ1v) is 11.6. The zero-order chi connectivity index (χ0) is 24.8. The molecule has 1 unspecified atom stereocenters. The van der Waals surface area contributed by atoms with Gasteiger partial charge in [0, 0.05) is 23.7 Å². The largest absolute Gasteiger partial charge is 0.496 e. The first kappa shape index (κ1) is 24.3. The topological polar surface area (TPSA) is 84.9 Å². The number of esters is 1. The number of nitrogens with zero attached hydrogens (tertiary/aromatic N) is 1. The van der Waals surface area contributed by atoms with Crippen molar-refractivity contribution in [3.63, 3.8) is 0 Å². The summed E-state index contributed by atoms with van der Waals surface area (Å²) in [5.41, 5.74) is 1.64. The molecule has 1 aliphatic heterocycles. The molecule has 0 bridgehead atoms. The molecule has 1 heterocycles. The molecular weight excluding hydrogens is 468 g/mol. The molecule has 1 fully saturated rings. The van der Waals surface area contributed by atoms with E-state index < -0.39 is 12.0 Å². The van der Waals surface area contributed by atoms with E-state index in [9.17, 15) is 14.4 Å². The number of carbonyl (C=O) groups excluding carboxylic acids is 3. The van der Waals surface area contributed by atoms with E-state index in [1.54, 1.807) is 30.3 Å². The van der Waals surface area contributed by atoms with Gasteiger partial charge in [-0.15, -0.1) is 0 Å². The molecule has 35 heavy (non-hydrogen) atoms. The van der Waals surface area contributed by atoms with Crippen LogP contribution in [0.3, 0.4) is 0 Å². The van der Waals surface area contributed by atoms with Crippen LogP contribution in [-0.2, 0) is 11.3 Å². The van der Waals surface area contributed by atoms with Gasteiger partial charge in [-0.25, -0.2) is 4.79 Å². The average molecular weight is 493 g/mol. The lowest BCUT2D eigenvalue weighted by Gasteiger charge is -2.24. The maximum absolute atomic E-state index is 13.2. The van der Waals surface area contributed by atoms with Gasteiger partial charge in [-0.2, -0.15) is 0 Å². The van der Waals surface area contributed by atoms with Crippen molar-refractivity contribution >= 4 is 29.4 Å². The first-order valence-electron chi connectivity index (χ1n) is 11.2. The van der Waals surface area contributed by atoms with E-state index in [4.69, 9.17) is 21.1 Å². The summed E-state index contributed by atoms with van der Waals surface area (Å²) < 4.78 is 10.9. The Bertz CT molecular complexity index is 1230. The predicted octanol–water partition coefficient (Wildman–Crippen LogP) is 4.49. The van der Waals surface area contributed by atoms with Crippen LogP contribution in [0.4, 0.5) is 0 Å². The summed E-state index contributed by atoms with van der Waals surface area (Å²) in [6.45, 7) is 0.798. The van der Waals surface area contributed by atoms with E-state index in [1.165, 1.54) is 24.1 Å². The highest BCUT2D eigenvalue weighted by molar-refractivity contribution is 6.31. The van der Waals surface area contributed by atoms with Gasteiger partial charge in [-0.05, 0) is 54.8 Å². The van der Waals surface area contributed by atoms with E-state index in [-0.39, 0.29) is 23.1 Å². The van der Waals surface area contributed by atoms with Crippen molar-refractivity contribution in [1.82, 2.24) is 10.2 Å². The van der Waals surface area contributed by atoms with Gasteiger partial charge >= 0.3 is 5.97 Å². The van der Waals surface area contributed by atoms with E-state index in [0.29, 0.717) is 42.3 Å². The van der Waals surface area contributed by atoms with Gasteiger partial charge in [0.1, 0.15) is 17.5 Å². The molecule has 3 aromatic carbocycles. The van der Waals surface area contributed by atoms with E-state index in [2.05, 4.69) is 5.32 Å². The van der Waals surface area contributed by atoms with Crippen molar-refractivity contribution in [1.29, 1.82) is 0 Å². The van der Waals surface area contributed by atoms with Crippen LogP contribution in [0.1, 0.15) is 39.1 Å². The average Bonchev–Trinajstić information content (AvgIpc) is 3.38. The number of hydrogen-bond acceptors (Lipinski definition) is 5. The van der Waals surface area contributed by atoms with Gasteiger partial charge in [0.15, 0.2) is 0 Å². The third-order valence-electron chi connectivity index (χ3n) is 5.79. The number of amides is 2. The van der Waals surface area contributed by atoms with Crippen LogP contribution in [0, 0.1) is 0 Å². The van der Waals surface area contributed by atoms with Crippen molar-refractivity contribution in [2.45, 2.75) is 25.4 Å². The van der Waals surface area contributed by atoms with Crippen LogP contribution in [-0.4, -0.2) is 42.4 Å². The van der Waals surface area contributed by atoms with Crippen molar-refractivity contribution in [3.05, 3.63) is 94.5 Å². The number of rotatable bonds is 7. The van der Waals surface area contributed by atoms with Gasteiger partial charge in [-0.3, -0.25) is 9.59 Å². The van der Waals surface area contributed by atoms with E-state index in [0.717, 1.165) is 5.56 Å². The van der Waals surface area contributed by atoms with Crippen LogP contribution < -0.4 is 14.8 Å². The van der Waals surface area contributed by atoms with Crippen molar-refractivity contribution in [3.8, 4) is 11.5 Å². The zero-order valence-electron chi connectivity index (χ0n) is 19.2. The number of benzene rings is 3. The van der Waals surface area contributed by atoms with Crippen LogP contribution in [0.25, 0.3) is 0 Å². The number of likely N-dealkylation sites (tertiary alicyclic amines) is 1. The minimum absolute atomic E-state index is 0.238. The van der Waals surface area contributed by atoms with Crippen molar-refractivity contribution < 1.29 is 23.9 Å². The van der Waals surface area contributed by atoms with E-state index >= 15 is 0 Å². The minimum atomic E-state index is -0.748. The van der Waals surface area contributed by atoms with Crippen LogP contribution in [0.15, 0.2) is 72.8 Å². The van der Waals surface area contributed by atoms with Gasteiger partial charge in [0.2, 0.25) is 0 Å². The Labute approximate surface area is 208 Å². The summed E-state index contributed by atoms with van der Waals surface area (Å²) in [5.74, 6) is -0.566. The summed E-state index contributed by atoms with van der Waals surface area (Å²) in [7, 11) is 1.47.